The van der Waals surface area contributed by atoms with Crippen molar-refractivity contribution in [1.82, 2.24) is 19.6 Å². The molecule has 0 bridgehead atoms. The first-order valence-electron chi connectivity index (χ1n) is 23.7. The number of allylic oxidation sites excluding steroid dienone is 8. The van der Waals surface area contributed by atoms with Crippen LogP contribution in [0.1, 0.15) is 95.3 Å². The summed E-state index contributed by atoms with van der Waals surface area (Å²) in [6.45, 7) is 13.6. The molecule has 0 saturated carbocycles. The molecule has 0 radical (unpaired) electrons. The van der Waals surface area contributed by atoms with Crippen molar-refractivity contribution in [3.63, 3.8) is 0 Å². The van der Waals surface area contributed by atoms with Gasteiger partial charge in [0.15, 0.2) is 23.1 Å². The zero-order valence-electron chi connectivity index (χ0n) is 43.4. The molecule has 0 aromatic heterocycles. The summed E-state index contributed by atoms with van der Waals surface area (Å²) in [6.07, 6.45) is 1.55. The lowest BCUT2D eigenvalue weighted by Crippen LogP contribution is -2.40. The predicted octanol–water partition coefficient (Wildman–Crippen LogP) is 7.33. The molecule has 2 aliphatic carbocycles. The first-order valence-corrected chi connectivity index (χ1v) is 23.7. The van der Waals surface area contributed by atoms with Crippen molar-refractivity contribution in [2.45, 2.75) is 73.8 Å². The number of hydrogen-bond acceptors (Lipinski definition) is 13. The van der Waals surface area contributed by atoms with Gasteiger partial charge in [-0.25, -0.2) is 9.59 Å². The second kappa shape index (κ2) is 21.1. The lowest BCUT2D eigenvalue weighted by Gasteiger charge is -2.37. The third-order valence-electron chi connectivity index (χ3n) is 13.7. The van der Waals surface area contributed by atoms with Gasteiger partial charge in [0, 0.05) is 146 Å². The van der Waals surface area contributed by atoms with Crippen molar-refractivity contribution >= 4 is 53.4 Å². The molecule has 3 aliphatic rings. The molecule has 0 fully saturated rings. The van der Waals surface area contributed by atoms with E-state index in [4.69, 9.17) is 14.2 Å². The van der Waals surface area contributed by atoms with E-state index in [1.807, 2.05) is 0 Å². The number of rotatable bonds is 16. The monoisotopic (exact) mass is 998 g/mol. The maximum absolute atomic E-state index is 13.4. The minimum atomic E-state index is -1.99. The van der Waals surface area contributed by atoms with E-state index in [2.05, 4.69) is 0 Å². The van der Waals surface area contributed by atoms with Gasteiger partial charge in [-0.3, -0.25) is 33.6 Å². The minimum Gasteiger partial charge on any atom is -0.456 e. The molecule has 17 nitrogen and oxygen atoms in total. The van der Waals surface area contributed by atoms with E-state index in [0.29, 0.717) is 39.7 Å². The lowest BCUT2D eigenvalue weighted by molar-refractivity contribution is -0.132. The zero-order chi connectivity index (χ0) is 54.1. The van der Waals surface area contributed by atoms with Gasteiger partial charge in [0.05, 0.1) is 0 Å². The van der Waals surface area contributed by atoms with E-state index in [1.165, 1.54) is 82.2 Å². The Morgan fingerprint density at radius 3 is 1.37 bits per heavy atom. The van der Waals surface area contributed by atoms with Gasteiger partial charge in [0.25, 0.3) is 0 Å². The summed E-state index contributed by atoms with van der Waals surface area (Å²) in [5.74, 6) is -1.51. The highest BCUT2D eigenvalue weighted by molar-refractivity contribution is 6.23. The van der Waals surface area contributed by atoms with Crippen molar-refractivity contribution in [2.75, 3.05) is 54.4 Å². The zero-order valence-corrected chi connectivity index (χ0v) is 43.4. The highest BCUT2D eigenvalue weighted by Gasteiger charge is 2.45. The Morgan fingerprint density at radius 2 is 0.973 bits per heavy atom. The Hall–Kier alpha value is -7.79. The van der Waals surface area contributed by atoms with Crippen LogP contribution in [-0.2, 0) is 34.4 Å². The normalized spacial score (nSPS) is 15.4. The van der Waals surface area contributed by atoms with Crippen LogP contribution in [0.3, 0.4) is 0 Å². The maximum Gasteiger partial charge on any atom is 0.415 e. The number of nitrogens with zero attached hydrogens (tertiary/aromatic N) is 4. The molecule has 17 heteroatoms. The smallest absolute Gasteiger partial charge is 0.415 e. The van der Waals surface area contributed by atoms with Crippen LogP contribution in [0.4, 0.5) is 9.59 Å². The number of carbonyl (C=O) groups is 9. The predicted molar refractivity (Wildman–Crippen MR) is 269 cm³/mol. The number of aldehydes is 1. The lowest BCUT2D eigenvalue weighted by atomic mass is 9.72. The Kier molecular flexibility index (Phi) is 15.8. The standard InChI is InChI=1S/C56H62N4O13/c1-32-25-42(62)34(3)48(50(32)66)54(5,6)29-46(64)57(9)21-23-59(11)52(68)71-37-17-19-40-44(27-37)73-45-28-38(18-20-41(45)56(40,70)39-16-14-13-15-36(39)31-61)72-53(69)60(12)24-22-58(10)47(65)30-55(7,8)49-35(4)43(63)26-33(2)51(49)67/h13-20,25-28,31,70H,21-24,29-30H2,1-12H3. The van der Waals surface area contributed by atoms with Crippen LogP contribution in [-0.4, -0.2) is 132 Å². The molecular weight excluding hydrogens is 937 g/mol. The molecule has 0 unspecified atom stereocenters. The van der Waals surface area contributed by atoms with E-state index < -0.39 is 28.6 Å². The first-order chi connectivity index (χ1) is 34.1. The molecule has 4 amide bonds. The fraction of sp³-hybridized carbons (Fsp3) is 0.375. The number of hydrogen-bond donors (Lipinski definition) is 1. The molecule has 1 N–H and O–H groups in total. The topological polar surface area (TPSA) is 215 Å². The van der Waals surface area contributed by atoms with Crippen molar-refractivity contribution < 1.29 is 62.5 Å². The van der Waals surface area contributed by atoms with Crippen LogP contribution in [0.15, 0.2) is 106 Å². The quantitative estimate of drug-likeness (QED) is 0.110. The van der Waals surface area contributed by atoms with Crippen molar-refractivity contribution in [3.05, 3.63) is 129 Å². The van der Waals surface area contributed by atoms with Crippen molar-refractivity contribution in [3.8, 4) is 23.0 Å². The van der Waals surface area contributed by atoms with E-state index in [0.717, 1.165) is 0 Å². The second-order valence-electron chi connectivity index (χ2n) is 20.2. The van der Waals surface area contributed by atoms with Crippen LogP contribution in [0, 0.1) is 10.8 Å². The SMILES string of the molecule is CC1=CC(=O)C(C)=C(C(C)(C)CC(=O)N(C)CCN(C)C(=O)Oc2ccc3c(c2)Oc2cc(OC(=O)N(C)CCN(C)C(=O)CC(C)(C)C4=C(C)C(=O)C=C(C)C4=O)ccc2C3(O)c2ccccc2C=O)C1=O. The van der Waals surface area contributed by atoms with Crippen LogP contribution < -0.4 is 14.2 Å². The van der Waals surface area contributed by atoms with Crippen LogP contribution in [0.2, 0.25) is 0 Å². The number of likely N-dealkylation sites (N-methyl/N-ethyl adjacent to an activating group) is 4. The molecule has 73 heavy (non-hydrogen) atoms. The summed E-state index contributed by atoms with van der Waals surface area (Å²) in [5.41, 5.74) is -1.18. The molecule has 3 aromatic rings. The average molecular weight is 999 g/mol. The number of amides is 4. The fourth-order valence-corrected chi connectivity index (χ4v) is 9.33. The van der Waals surface area contributed by atoms with Gasteiger partial charge < -0.3 is 38.9 Å². The molecule has 3 aromatic carbocycles. The molecule has 6 rings (SSSR count). The van der Waals surface area contributed by atoms with Crippen molar-refractivity contribution in [2.24, 2.45) is 10.8 Å². The van der Waals surface area contributed by atoms with Gasteiger partial charge in [0.2, 0.25) is 11.8 Å². The molecule has 0 spiro atoms. The largest absolute Gasteiger partial charge is 0.456 e. The van der Waals surface area contributed by atoms with Crippen LogP contribution in [0.25, 0.3) is 0 Å². The maximum atomic E-state index is 13.4. The molecule has 384 valence electrons. The number of ketones is 4. The van der Waals surface area contributed by atoms with Crippen LogP contribution >= 0.6 is 0 Å². The van der Waals surface area contributed by atoms with E-state index in [9.17, 15) is 48.3 Å². The summed E-state index contributed by atoms with van der Waals surface area (Å²) in [7, 11) is 6.13. The number of ether oxygens (including phenoxy) is 3. The summed E-state index contributed by atoms with van der Waals surface area (Å²) >= 11 is 0. The summed E-state index contributed by atoms with van der Waals surface area (Å²) in [4.78, 5) is 123. The third kappa shape index (κ3) is 11.2. The molecule has 0 atom stereocenters. The number of benzene rings is 3. The van der Waals surface area contributed by atoms with E-state index >= 15 is 0 Å². The number of Topliss-reactive ketones (excluding diaryl/α,β-unsaturated/α-hetero) is 2. The fourth-order valence-electron chi connectivity index (χ4n) is 9.33. The number of fused-ring (bicyclic) bond motifs is 2. The second-order valence-corrected chi connectivity index (χ2v) is 20.2. The Morgan fingerprint density at radius 1 is 0.589 bits per heavy atom. The third-order valence-corrected chi connectivity index (χ3v) is 13.7. The Labute approximate surface area is 424 Å². The van der Waals surface area contributed by atoms with Gasteiger partial charge in [-0.05, 0) is 64.1 Å². The minimum absolute atomic E-state index is 0.0317. The molecule has 0 saturated heterocycles. The van der Waals surface area contributed by atoms with Gasteiger partial charge in [-0.2, -0.15) is 0 Å². The van der Waals surface area contributed by atoms with E-state index in [1.54, 1.807) is 93.8 Å². The summed E-state index contributed by atoms with van der Waals surface area (Å²) in [6, 6.07) is 15.2. The van der Waals surface area contributed by atoms with Gasteiger partial charge in [-0.15, -0.1) is 0 Å². The van der Waals surface area contributed by atoms with Gasteiger partial charge in [-0.1, -0.05) is 52.0 Å². The van der Waals surface area contributed by atoms with Gasteiger partial charge >= 0.3 is 12.2 Å². The summed E-state index contributed by atoms with van der Waals surface area (Å²) in [5, 5.41) is 12.8. The highest BCUT2D eigenvalue weighted by Crippen LogP contribution is 2.52. The molecular formula is C56H62N4O13. The molecule has 1 aliphatic heterocycles. The Balaban J connectivity index is 1.13. The summed E-state index contributed by atoms with van der Waals surface area (Å²) < 4.78 is 17.8. The molecule has 1 heterocycles. The van der Waals surface area contributed by atoms with Crippen molar-refractivity contribution in [1.29, 1.82) is 0 Å². The number of aliphatic hydroxyl groups is 1. The average Bonchev–Trinajstić information content (AvgIpc) is 3.32. The van der Waals surface area contributed by atoms with E-state index in [-0.39, 0.29) is 119 Å². The van der Waals surface area contributed by atoms with Crippen LogP contribution in [0.5, 0.6) is 23.0 Å². The van der Waals surface area contributed by atoms with Gasteiger partial charge in [0.1, 0.15) is 34.9 Å². The first kappa shape index (κ1) is 54.5. The number of carbonyl (C=O) groups excluding carboxylic acids is 9. The Bertz CT molecular complexity index is 2820. The highest BCUT2D eigenvalue weighted by atomic mass is 16.6.